The third-order valence-electron chi connectivity index (χ3n) is 4.85. The van der Waals surface area contributed by atoms with Gasteiger partial charge in [0.1, 0.15) is 11.9 Å². The zero-order chi connectivity index (χ0) is 21.5. The van der Waals surface area contributed by atoms with Crippen molar-refractivity contribution in [1.82, 2.24) is 5.32 Å². The number of esters is 1. The maximum Gasteiger partial charge on any atom is 0.338 e. The van der Waals surface area contributed by atoms with Crippen LogP contribution in [0.2, 0.25) is 0 Å². The molecule has 0 saturated heterocycles. The SMILES string of the molecule is COc1ccc(C(=O)NC(=S)Nc2ccc(C(=O)OC3CCCCC3)cc2)cc1Br. The number of benzene rings is 2. The molecule has 1 aliphatic carbocycles. The predicted octanol–water partition coefficient (Wildman–Crippen LogP) is 5.07. The molecule has 1 saturated carbocycles. The fourth-order valence-electron chi connectivity index (χ4n) is 3.24. The lowest BCUT2D eigenvalue weighted by Crippen LogP contribution is -2.34. The van der Waals surface area contributed by atoms with E-state index in [9.17, 15) is 9.59 Å². The zero-order valence-electron chi connectivity index (χ0n) is 16.6. The Bertz CT molecular complexity index is 927. The average molecular weight is 491 g/mol. The molecule has 3 rings (SSSR count). The number of hydrogen-bond donors (Lipinski definition) is 2. The van der Waals surface area contributed by atoms with E-state index in [4.69, 9.17) is 21.7 Å². The summed E-state index contributed by atoms with van der Waals surface area (Å²) in [5.41, 5.74) is 1.59. The minimum atomic E-state index is -0.344. The van der Waals surface area contributed by atoms with Crippen LogP contribution in [-0.2, 0) is 4.74 Å². The van der Waals surface area contributed by atoms with Gasteiger partial charge in [0.2, 0.25) is 0 Å². The standard InChI is InChI=1S/C22H23BrN2O4S/c1-28-19-12-9-15(13-18(19)23)20(26)25-22(30)24-16-10-7-14(8-11-16)21(27)29-17-5-3-2-4-6-17/h7-13,17H,2-6H2,1H3,(H2,24,25,26,30). The predicted molar refractivity (Wildman–Crippen MR) is 123 cm³/mol. The van der Waals surface area contributed by atoms with Crippen molar-refractivity contribution in [3.8, 4) is 5.75 Å². The molecule has 0 spiro atoms. The van der Waals surface area contributed by atoms with Gasteiger partial charge in [-0.15, -0.1) is 0 Å². The first-order chi connectivity index (χ1) is 14.5. The Morgan fingerprint density at radius 3 is 2.33 bits per heavy atom. The number of amides is 1. The van der Waals surface area contributed by atoms with Crippen LogP contribution in [0.5, 0.6) is 5.75 Å². The summed E-state index contributed by atoms with van der Waals surface area (Å²) in [7, 11) is 1.56. The van der Waals surface area contributed by atoms with Crippen LogP contribution in [-0.4, -0.2) is 30.2 Å². The van der Waals surface area contributed by atoms with Crippen molar-refractivity contribution in [2.45, 2.75) is 38.2 Å². The number of carbonyl (C=O) groups is 2. The lowest BCUT2D eigenvalue weighted by molar-refractivity contribution is 0.0211. The molecule has 2 N–H and O–H groups in total. The number of anilines is 1. The Kier molecular flexibility index (Phi) is 7.81. The molecule has 1 fully saturated rings. The highest BCUT2D eigenvalue weighted by atomic mass is 79.9. The van der Waals surface area contributed by atoms with Gasteiger partial charge in [0.15, 0.2) is 5.11 Å². The molecule has 0 heterocycles. The first-order valence-corrected chi connectivity index (χ1v) is 10.9. The van der Waals surface area contributed by atoms with Gasteiger partial charge in [-0.05, 0) is 96.3 Å². The van der Waals surface area contributed by atoms with E-state index in [1.807, 2.05) is 0 Å². The summed E-state index contributed by atoms with van der Waals surface area (Å²) in [6, 6.07) is 11.8. The van der Waals surface area contributed by atoms with E-state index in [1.54, 1.807) is 49.6 Å². The van der Waals surface area contributed by atoms with Crippen LogP contribution in [0.25, 0.3) is 0 Å². The molecule has 6 nitrogen and oxygen atoms in total. The summed E-state index contributed by atoms with van der Waals surface area (Å²) in [5, 5.41) is 5.72. The smallest absolute Gasteiger partial charge is 0.338 e. The van der Waals surface area contributed by atoms with E-state index in [0.717, 1.165) is 25.7 Å². The summed E-state index contributed by atoms with van der Waals surface area (Å²) in [4.78, 5) is 24.7. The number of rotatable bonds is 5. The van der Waals surface area contributed by atoms with Crippen LogP contribution in [0.1, 0.15) is 52.8 Å². The monoisotopic (exact) mass is 490 g/mol. The van der Waals surface area contributed by atoms with Crippen molar-refractivity contribution >= 4 is 50.8 Å². The lowest BCUT2D eigenvalue weighted by Gasteiger charge is -2.21. The Morgan fingerprint density at radius 1 is 1.03 bits per heavy atom. The number of ether oxygens (including phenoxy) is 2. The Morgan fingerprint density at radius 2 is 1.70 bits per heavy atom. The van der Waals surface area contributed by atoms with E-state index < -0.39 is 0 Å². The number of carbonyl (C=O) groups excluding carboxylic acids is 2. The van der Waals surface area contributed by atoms with E-state index in [-0.39, 0.29) is 23.1 Å². The van der Waals surface area contributed by atoms with Gasteiger partial charge in [0, 0.05) is 11.3 Å². The van der Waals surface area contributed by atoms with Gasteiger partial charge in [-0.3, -0.25) is 10.1 Å². The summed E-state index contributed by atoms with van der Waals surface area (Å²) < 4.78 is 11.4. The number of hydrogen-bond acceptors (Lipinski definition) is 5. The Hall–Kier alpha value is -2.45. The Labute approximate surface area is 189 Å². The van der Waals surface area contributed by atoms with E-state index >= 15 is 0 Å². The molecule has 2 aromatic carbocycles. The van der Waals surface area contributed by atoms with E-state index in [1.165, 1.54) is 6.42 Å². The third kappa shape index (κ3) is 6.03. The van der Waals surface area contributed by atoms with Gasteiger partial charge in [-0.25, -0.2) is 4.79 Å². The molecule has 0 bridgehead atoms. The van der Waals surface area contributed by atoms with Crippen LogP contribution in [0.3, 0.4) is 0 Å². The molecule has 2 aromatic rings. The largest absolute Gasteiger partial charge is 0.496 e. The van der Waals surface area contributed by atoms with E-state index in [0.29, 0.717) is 27.0 Å². The highest BCUT2D eigenvalue weighted by Crippen LogP contribution is 2.25. The lowest BCUT2D eigenvalue weighted by atomic mass is 9.98. The highest BCUT2D eigenvalue weighted by molar-refractivity contribution is 9.10. The van der Waals surface area contributed by atoms with Gasteiger partial charge in [-0.1, -0.05) is 6.42 Å². The molecule has 8 heteroatoms. The van der Waals surface area contributed by atoms with Crippen molar-refractivity contribution in [3.05, 3.63) is 58.1 Å². The summed E-state index contributed by atoms with van der Waals surface area (Å²) in [6.45, 7) is 0. The van der Waals surface area contributed by atoms with Crippen molar-refractivity contribution in [2.75, 3.05) is 12.4 Å². The van der Waals surface area contributed by atoms with Crippen molar-refractivity contribution in [3.63, 3.8) is 0 Å². The van der Waals surface area contributed by atoms with Gasteiger partial charge in [0.25, 0.3) is 5.91 Å². The van der Waals surface area contributed by atoms with Crippen LogP contribution in [0, 0.1) is 0 Å². The maximum absolute atomic E-state index is 12.4. The quantitative estimate of drug-likeness (QED) is 0.449. The minimum absolute atomic E-state index is 0.0184. The molecule has 1 amide bonds. The van der Waals surface area contributed by atoms with Crippen molar-refractivity contribution < 1.29 is 19.1 Å². The second kappa shape index (κ2) is 10.5. The first-order valence-electron chi connectivity index (χ1n) is 9.73. The second-order valence-corrected chi connectivity index (χ2v) is 8.26. The summed E-state index contributed by atoms with van der Waals surface area (Å²) in [6.07, 6.45) is 5.31. The van der Waals surface area contributed by atoms with Gasteiger partial charge in [0.05, 0.1) is 17.1 Å². The first kappa shape index (κ1) is 22.2. The fraction of sp³-hybridized carbons (Fsp3) is 0.318. The molecule has 1 aliphatic rings. The topological polar surface area (TPSA) is 76.7 Å². The normalized spacial score (nSPS) is 13.9. The molecular weight excluding hydrogens is 468 g/mol. The van der Waals surface area contributed by atoms with Gasteiger partial charge < -0.3 is 14.8 Å². The molecule has 0 radical (unpaired) electrons. The third-order valence-corrected chi connectivity index (χ3v) is 5.67. The maximum atomic E-state index is 12.4. The summed E-state index contributed by atoms with van der Waals surface area (Å²) in [5.74, 6) is -0.0210. The summed E-state index contributed by atoms with van der Waals surface area (Å²) >= 11 is 8.57. The molecule has 30 heavy (non-hydrogen) atoms. The van der Waals surface area contributed by atoms with Crippen LogP contribution in [0.4, 0.5) is 5.69 Å². The van der Waals surface area contributed by atoms with Crippen LogP contribution in [0.15, 0.2) is 46.9 Å². The Balaban J connectivity index is 1.53. The molecule has 0 aliphatic heterocycles. The minimum Gasteiger partial charge on any atom is -0.496 e. The number of halogens is 1. The second-order valence-electron chi connectivity index (χ2n) is 7.00. The van der Waals surface area contributed by atoms with Crippen LogP contribution < -0.4 is 15.4 Å². The molecule has 158 valence electrons. The molecule has 0 unspecified atom stereocenters. The highest BCUT2D eigenvalue weighted by Gasteiger charge is 2.18. The van der Waals surface area contributed by atoms with Crippen LogP contribution >= 0.6 is 28.1 Å². The molecular formula is C22H23BrN2O4S. The average Bonchev–Trinajstić information content (AvgIpc) is 2.74. The molecule has 0 aromatic heterocycles. The number of thiocarbonyl (C=S) groups is 1. The fourth-order valence-corrected chi connectivity index (χ4v) is 3.99. The van der Waals surface area contributed by atoms with Crippen molar-refractivity contribution in [1.29, 1.82) is 0 Å². The molecule has 0 atom stereocenters. The van der Waals surface area contributed by atoms with Gasteiger partial charge >= 0.3 is 5.97 Å². The van der Waals surface area contributed by atoms with Crippen molar-refractivity contribution in [2.24, 2.45) is 0 Å². The number of nitrogens with one attached hydrogen (secondary N) is 2. The van der Waals surface area contributed by atoms with Gasteiger partial charge in [-0.2, -0.15) is 0 Å². The zero-order valence-corrected chi connectivity index (χ0v) is 19.0. The number of methoxy groups -OCH3 is 1. The van der Waals surface area contributed by atoms with E-state index in [2.05, 4.69) is 26.6 Å².